The van der Waals surface area contributed by atoms with Gasteiger partial charge in [-0.2, -0.15) is 5.10 Å². The molecule has 1 aromatic heterocycles. The SMILES string of the molecule is Cc1nn(C)c(C)c1N(C(=O)CC1Sc2ccccc2NC1=O)S(C)(=O)=O. The van der Waals surface area contributed by atoms with Gasteiger partial charge in [-0.15, -0.1) is 11.8 Å². The third kappa shape index (κ3) is 3.72. The van der Waals surface area contributed by atoms with Crippen LogP contribution in [0.5, 0.6) is 0 Å². The third-order valence-corrected chi connectivity index (χ3v) is 6.62. The highest BCUT2D eigenvalue weighted by atomic mass is 32.2. The molecular formula is C17H20N4O4S2. The maximum Gasteiger partial charge on any atom is 0.242 e. The molecule has 8 nitrogen and oxygen atoms in total. The van der Waals surface area contributed by atoms with Gasteiger partial charge in [0.15, 0.2) is 0 Å². The highest BCUT2D eigenvalue weighted by Crippen LogP contribution is 2.37. The Balaban J connectivity index is 1.92. The molecule has 144 valence electrons. The van der Waals surface area contributed by atoms with Gasteiger partial charge < -0.3 is 5.32 Å². The first-order valence-electron chi connectivity index (χ1n) is 8.19. The Kier molecular flexibility index (Phi) is 5.04. The molecule has 0 saturated carbocycles. The van der Waals surface area contributed by atoms with E-state index >= 15 is 0 Å². The van der Waals surface area contributed by atoms with Crippen LogP contribution in [0.4, 0.5) is 11.4 Å². The fourth-order valence-electron chi connectivity index (χ4n) is 3.00. The maximum atomic E-state index is 12.9. The van der Waals surface area contributed by atoms with Crippen LogP contribution in [0.1, 0.15) is 17.8 Å². The fraction of sp³-hybridized carbons (Fsp3) is 0.353. The van der Waals surface area contributed by atoms with Crippen LogP contribution in [0.2, 0.25) is 0 Å². The summed E-state index contributed by atoms with van der Waals surface area (Å²) in [5, 5.41) is 6.24. The Morgan fingerprint density at radius 1 is 1.33 bits per heavy atom. The van der Waals surface area contributed by atoms with Crippen molar-refractivity contribution in [3.8, 4) is 0 Å². The Morgan fingerprint density at radius 3 is 2.59 bits per heavy atom. The quantitative estimate of drug-likeness (QED) is 0.828. The molecule has 1 N–H and O–H groups in total. The highest BCUT2D eigenvalue weighted by Gasteiger charge is 2.35. The molecule has 0 spiro atoms. The van der Waals surface area contributed by atoms with Crippen molar-refractivity contribution in [2.24, 2.45) is 7.05 Å². The Morgan fingerprint density at radius 2 is 2.00 bits per heavy atom. The lowest BCUT2D eigenvalue weighted by molar-refractivity contribution is -0.121. The van der Waals surface area contributed by atoms with Gasteiger partial charge in [0.25, 0.3) is 0 Å². The summed E-state index contributed by atoms with van der Waals surface area (Å²) >= 11 is 1.26. The number of hydrogen-bond donors (Lipinski definition) is 1. The normalized spacial score (nSPS) is 16.6. The summed E-state index contributed by atoms with van der Waals surface area (Å²) in [6, 6.07) is 7.28. The molecule has 1 aliphatic heterocycles. The topological polar surface area (TPSA) is 101 Å². The van der Waals surface area contributed by atoms with Gasteiger partial charge in [0.1, 0.15) is 5.69 Å². The second-order valence-electron chi connectivity index (χ2n) is 6.36. The molecule has 27 heavy (non-hydrogen) atoms. The van der Waals surface area contributed by atoms with Gasteiger partial charge in [0, 0.05) is 18.4 Å². The van der Waals surface area contributed by atoms with Crippen LogP contribution in [0, 0.1) is 13.8 Å². The van der Waals surface area contributed by atoms with E-state index in [1.807, 2.05) is 18.2 Å². The van der Waals surface area contributed by atoms with Crippen molar-refractivity contribution in [1.82, 2.24) is 9.78 Å². The first-order valence-corrected chi connectivity index (χ1v) is 10.9. The standard InChI is InChI=1S/C17H20N4O4S2/c1-10-16(11(2)20(3)19-10)21(27(4,24)25)15(22)9-14-17(23)18-12-7-5-6-8-13(12)26-14/h5-8,14H,9H2,1-4H3,(H,18,23). The molecule has 0 aliphatic carbocycles. The van der Waals surface area contributed by atoms with Crippen molar-refractivity contribution >= 4 is 45.0 Å². The predicted octanol–water partition coefficient (Wildman–Crippen LogP) is 1.83. The van der Waals surface area contributed by atoms with Gasteiger partial charge in [0.05, 0.1) is 28.6 Å². The maximum absolute atomic E-state index is 12.9. The number of nitrogens with one attached hydrogen (secondary N) is 1. The Bertz CT molecular complexity index is 1030. The Labute approximate surface area is 162 Å². The monoisotopic (exact) mass is 408 g/mol. The second-order valence-corrected chi connectivity index (χ2v) is 9.44. The lowest BCUT2D eigenvalue weighted by atomic mass is 10.2. The first-order chi connectivity index (χ1) is 12.6. The minimum Gasteiger partial charge on any atom is -0.324 e. The number of rotatable bonds is 4. The number of carbonyl (C=O) groups excluding carboxylic acids is 2. The zero-order valence-electron chi connectivity index (χ0n) is 15.4. The van der Waals surface area contributed by atoms with E-state index in [1.165, 1.54) is 16.4 Å². The molecule has 0 fully saturated rings. The number of benzene rings is 1. The number of aryl methyl sites for hydroxylation is 2. The summed E-state index contributed by atoms with van der Waals surface area (Å²) in [5.74, 6) is -0.983. The number of carbonyl (C=O) groups is 2. The smallest absolute Gasteiger partial charge is 0.242 e. The Hall–Kier alpha value is -2.33. The summed E-state index contributed by atoms with van der Waals surface area (Å²) in [5.41, 5.74) is 1.92. The van der Waals surface area contributed by atoms with Crippen LogP contribution in [0.15, 0.2) is 29.2 Å². The van der Waals surface area contributed by atoms with Crippen molar-refractivity contribution in [3.05, 3.63) is 35.7 Å². The van der Waals surface area contributed by atoms with Crippen molar-refractivity contribution in [3.63, 3.8) is 0 Å². The van der Waals surface area contributed by atoms with Crippen LogP contribution in [-0.4, -0.2) is 41.5 Å². The van der Waals surface area contributed by atoms with E-state index < -0.39 is 21.2 Å². The molecule has 2 heterocycles. The minimum absolute atomic E-state index is 0.242. The van der Waals surface area contributed by atoms with E-state index in [2.05, 4.69) is 10.4 Å². The minimum atomic E-state index is -3.89. The number of para-hydroxylation sites is 1. The van der Waals surface area contributed by atoms with E-state index in [-0.39, 0.29) is 18.0 Å². The van der Waals surface area contributed by atoms with E-state index in [0.717, 1.165) is 15.5 Å². The molecule has 2 amide bonds. The number of thioether (sulfide) groups is 1. The van der Waals surface area contributed by atoms with Gasteiger partial charge in [-0.3, -0.25) is 14.3 Å². The number of fused-ring (bicyclic) bond motifs is 1. The molecule has 3 rings (SSSR count). The van der Waals surface area contributed by atoms with Crippen molar-refractivity contribution < 1.29 is 18.0 Å². The molecule has 1 aliphatic rings. The largest absolute Gasteiger partial charge is 0.324 e. The fourth-order valence-corrected chi connectivity index (χ4v) is 5.14. The third-order valence-electron chi connectivity index (χ3n) is 4.30. The number of nitrogens with zero attached hydrogens (tertiary/aromatic N) is 3. The summed E-state index contributed by atoms with van der Waals surface area (Å²) in [4.78, 5) is 26.2. The van der Waals surface area contributed by atoms with Crippen LogP contribution >= 0.6 is 11.8 Å². The second kappa shape index (κ2) is 7.01. The molecular weight excluding hydrogens is 388 g/mol. The van der Waals surface area contributed by atoms with Gasteiger partial charge in [-0.1, -0.05) is 12.1 Å². The van der Waals surface area contributed by atoms with Crippen LogP contribution in [0.25, 0.3) is 0 Å². The average molecular weight is 409 g/mol. The van der Waals surface area contributed by atoms with Crippen molar-refractivity contribution in [2.75, 3.05) is 15.9 Å². The van der Waals surface area contributed by atoms with E-state index in [0.29, 0.717) is 17.1 Å². The van der Waals surface area contributed by atoms with E-state index in [1.54, 1.807) is 27.0 Å². The molecule has 2 aromatic rings. The molecule has 1 atom stereocenters. The number of anilines is 2. The van der Waals surface area contributed by atoms with Crippen LogP contribution in [0.3, 0.4) is 0 Å². The van der Waals surface area contributed by atoms with E-state index in [9.17, 15) is 18.0 Å². The number of sulfonamides is 1. The van der Waals surface area contributed by atoms with Crippen LogP contribution < -0.4 is 9.62 Å². The molecule has 0 radical (unpaired) electrons. The van der Waals surface area contributed by atoms with E-state index in [4.69, 9.17) is 0 Å². The van der Waals surface area contributed by atoms with Crippen molar-refractivity contribution in [2.45, 2.75) is 30.4 Å². The highest BCUT2D eigenvalue weighted by molar-refractivity contribution is 8.01. The zero-order valence-corrected chi connectivity index (χ0v) is 17.0. The average Bonchev–Trinajstić information content (AvgIpc) is 2.81. The zero-order chi connectivity index (χ0) is 19.9. The lowest BCUT2D eigenvalue weighted by Crippen LogP contribution is -2.41. The molecule has 1 aromatic carbocycles. The molecule has 0 saturated heterocycles. The van der Waals surface area contributed by atoms with Crippen molar-refractivity contribution in [1.29, 1.82) is 0 Å². The van der Waals surface area contributed by atoms with Gasteiger partial charge in [-0.05, 0) is 26.0 Å². The summed E-state index contributed by atoms with van der Waals surface area (Å²) in [6.45, 7) is 3.34. The predicted molar refractivity (Wildman–Crippen MR) is 104 cm³/mol. The van der Waals surface area contributed by atoms with Gasteiger partial charge >= 0.3 is 0 Å². The summed E-state index contributed by atoms with van der Waals surface area (Å²) < 4.78 is 27.0. The summed E-state index contributed by atoms with van der Waals surface area (Å²) in [6.07, 6.45) is 0.728. The first kappa shape index (κ1) is 19.4. The molecule has 1 unspecified atom stereocenters. The lowest BCUT2D eigenvalue weighted by Gasteiger charge is -2.26. The number of amides is 2. The summed E-state index contributed by atoms with van der Waals surface area (Å²) in [7, 11) is -2.21. The molecule has 0 bridgehead atoms. The number of aromatic nitrogens is 2. The molecule has 10 heteroatoms. The number of hydrogen-bond acceptors (Lipinski definition) is 6. The van der Waals surface area contributed by atoms with Gasteiger partial charge in [0.2, 0.25) is 21.8 Å². The van der Waals surface area contributed by atoms with Crippen LogP contribution in [-0.2, 0) is 26.7 Å². The van der Waals surface area contributed by atoms with Gasteiger partial charge in [-0.25, -0.2) is 12.7 Å².